The fourth-order valence-corrected chi connectivity index (χ4v) is 4.21. The Morgan fingerprint density at radius 3 is 2.06 bits per heavy atom. The third-order valence-corrected chi connectivity index (χ3v) is 5.51. The van der Waals surface area contributed by atoms with Crippen LogP contribution in [0.4, 0.5) is 0 Å². The van der Waals surface area contributed by atoms with Crippen molar-refractivity contribution in [3.05, 3.63) is 10.4 Å². The first-order chi connectivity index (χ1) is 16.1. The van der Waals surface area contributed by atoms with Gasteiger partial charge in [0.2, 0.25) is 0 Å². The van der Waals surface area contributed by atoms with Gasteiger partial charge in [0.25, 0.3) is 0 Å². The summed E-state index contributed by atoms with van der Waals surface area (Å²) in [6.45, 7) is 5.74. The molecule has 0 aliphatic carbocycles. The highest BCUT2D eigenvalue weighted by Gasteiger charge is 2.52. The van der Waals surface area contributed by atoms with E-state index in [0.29, 0.717) is 38.4 Å². The molecule has 1 fully saturated rings. The summed E-state index contributed by atoms with van der Waals surface area (Å²) in [6, 6.07) is 0. The molecular formula is C20H31N3O10S. The van der Waals surface area contributed by atoms with Crippen molar-refractivity contribution in [1.82, 2.24) is 0 Å². The summed E-state index contributed by atoms with van der Waals surface area (Å²) in [5.74, 6) is -2.03. The second-order valence-electron chi connectivity index (χ2n) is 7.21. The molecule has 0 saturated carbocycles. The Morgan fingerprint density at radius 2 is 1.47 bits per heavy atom. The van der Waals surface area contributed by atoms with Crippen LogP contribution in [-0.4, -0.2) is 85.8 Å². The molecule has 0 radical (unpaired) electrons. The van der Waals surface area contributed by atoms with Gasteiger partial charge in [0.15, 0.2) is 18.3 Å². The lowest BCUT2D eigenvalue weighted by molar-refractivity contribution is -0.237. The van der Waals surface area contributed by atoms with E-state index in [2.05, 4.69) is 10.0 Å². The molecule has 13 nitrogen and oxygen atoms in total. The number of nitrogens with zero attached hydrogens (tertiary/aromatic N) is 3. The number of azide groups is 1. The van der Waals surface area contributed by atoms with E-state index in [0.717, 1.165) is 0 Å². The van der Waals surface area contributed by atoms with E-state index in [4.69, 9.17) is 34.0 Å². The maximum atomic E-state index is 11.8. The minimum atomic E-state index is -1.17. The number of rotatable bonds is 14. The normalized spacial score (nSPS) is 23.8. The molecule has 1 rings (SSSR count). The van der Waals surface area contributed by atoms with E-state index in [1.54, 1.807) is 0 Å². The van der Waals surface area contributed by atoms with Gasteiger partial charge in [-0.15, -0.1) is 11.8 Å². The highest BCUT2D eigenvalue weighted by molar-refractivity contribution is 7.99. The summed E-state index contributed by atoms with van der Waals surface area (Å²) in [5.41, 5.74) is 7.44. The van der Waals surface area contributed by atoms with Gasteiger partial charge in [-0.2, -0.15) is 0 Å². The zero-order chi connectivity index (χ0) is 25.5. The summed E-state index contributed by atoms with van der Waals surface area (Å²) in [6.07, 6.45) is -3.14. The number of hydrogen-bond acceptors (Lipinski definition) is 12. The zero-order valence-electron chi connectivity index (χ0n) is 19.7. The Labute approximate surface area is 201 Å². The molecular weight excluding hydrogens is 474 g/mol. The van der Waals surface area contributed by atoms with E-state index >= 15 is 0 Å². The third-order valence-electron chi connectivity index (χ3n) is 4.27. The van der Waals surface area contributed by atoms with Crippen LogP contribution in [0.5, 0.6) is 0 Å². The van der Waals surface area contributed by atoms with Crippen molar-refractivity contribution in [3.63, 3.8) is 0 Å². The molecule has 1 aliphatic heterocycles. The molecule has 0 amide bonds. The van der Waals surface area contributed by atoms with Gasteiger partial charge in [0.1, 0.15) is 18.1 Å². The topological polar surface area (TPSA) is 172 Å². The van der Waals surface area contributed by atoms with Crippen LogP contribution in [0.3, 0.4) is 0 Å². The predicted molar refractivity (Wildman–Crippen MR) is 118 cm³/mol. The van der Waals surface area contributed by atoms with Gasteiger partial charge in [-0.1, -0.05) is 5.11 Å². The van der Waals surface area contributed by atoms with Crippen molar-refractivity contribution in [2.45, 2.75) is 70.4 Å². The van der Waals surface area contributed by atoms with Crippen molar-refractivity contribution in [2.75, 3.05) is 32.1 Å². The van der Waals surface area contributed by atoms with Crippen LogP contribution in [0.1, 0.15) is 40.5 Å². The third kappa shape index (κ3) is 11.5. The summed E-state index contributed by atoms with van der Waals surface area (Å²) >= 11 is 1.29. The molecule has 0 bridgehead atoms. The first kappa shape index (κ1) is 29.5. The van der Waals surface area contributed by atoms with Gasteiger partial charge in [-0.05, 0) is 24.1 Å². The predicted octanol–water partition coefficient (Wildman–Crippen LogP) is 1.91. The minimum Gasteiger partial charge on any atom is -0.463 e. The van der Waals surface area contributed by atoms with Gasteiger partial charge in [0, 0.05) is 52.4 Å². The lowest BCUT2D eigenvalue weighted by Crippen LogP contribution is -2.61. The van der Waals surface area contributed by atoms with Crippen LogP contribution in [0.15, 0.2) is 5.11 Å². The molecule has 14 heteroatoms. The zero-order valence-corrected chi connectivity index (χ0v) is 20.5. The van der Waals surface area contributed by atoms with Crippen LogP contribution < -0.4 is 0 Å². The van der Waals surface area contributed by atoms with E-state index < -0.39 is 53.7 Å². The van der Waals surface area contributed by atoms with Crippen LogP contribution in [0, 0.1) is 0 Å². The Kier molecular flexibility index (Phi) is 14.0. The molecule has 0 aromatic rings. The molecule has 192 valence electrons. The number of carbonyl (C=O) groups is 4. The van der Waals surface area contributed by atoms with E-state index in [1.165, 1.54) is 39.5 Å². The van der Waals surface area contributed by atoms with Crippen molar-refractivity contribution in [3.8, 4) is 0 Å². The van der Waals surface area contributed by atoms with Crippen LogP contribution in [0.2, 0.25) is 0 Å². The Bertz CT molecular complexity index is 746. The van der Waals surface area contributed by atoms with Crippen molar-refractivity contribution in [2.24, 2.45) is 5.11 Å². The molecule has 0 aromatic carbocycles. The van der Waals surface area contributed by atoms with Crippen molar-refractivity contribution >= 4 is 35.6 Å². The number of hydrogen-bond donors (Lipinski definition) is 0. The molecule has 0 N–H and O–H groups in total. The van der Waals surface area contributed by atoms with E-state index in [1.807, 2.05) is 0 Å². The SMILES string of the molecule is CC(=O)OC[C@H]1O[C@H](SCCCOCCCN=[N+]=[N-])[C@@H](OC(C)=O)[C@@H](OC(C)=O)[C@@H]1OC(C)=O. The molecule has 1 aliphatic rings. The fourth-order valence-electron chi connectivity index (χ4n) is 3.07. The van der Waals surface area contributed by atoms with Gasteiger partial charge < -0.3 is 28.4 Å². The molecule has 5 atom stereocenters. The van der Waals surface area contributed by atoms with E-state index in [9.17, 15) is 19.2 Å². The number of ether oxygens (including phenoxy) is 6. The largest absolute Gasteiger partial charge is 0.463 e. The maximum Gasteiger partial charge on any atom is 0.303 e. The highest BCUT2D eigenvalue weighted by Crippen LogP contribution is 2.34. The average Bonchev–Trinajstić information content (AvgIpc) is 2.74. The monoisotopic (exact) mass is 505 g/mol. The van der Waals surface area contributed by atoms with Crippen LogP contribution in [-0.2, 0) is 47.6 Å². The number of carbonyl (C=O) groups excluding carboxylic acids is 4. The molecule has 1 saturated heterocycles. The molecule has 1 heterocycles. The standard InChI is InChI=1S/C20H31N3O10S/c1-12(24)29-11-16-17(30-13(2)25)18(31-14(3)26)19(32-15(4)27)20(33-16)34-10-6-9-28-8-5-7-22-23-21/h16-20H,5-11H2,1-4H3/t16-,17-,18+,19+,20-/m1/s1. The lowest BCUT2D eigenvalue weighted by Gasteiger charge is -2.44. The first-order valence-corrected chi connectivity index (χ1v) is 11.7. The number of thioether (sulfide) groups is 1. The van der Waals surface area contributed by atoms with Gasteiger partial charge >= 0.3 is 23.9 Å². The summed E-state index contributed by atoms with van der Waals surface area (Å²) in [5, 5.41) is 3.42. The molecule has 0 spiro atoms. The summed E-state index contributed by atoms with van der Waals surface area (Å²) in [4.78, 5) is 49.3. The van der Waals surface area contributed by atoms with Crippen molar-refractivity contribution in [1.29, 1.82) is 0 Å². The second-order valence-corrected chi connectivity index (χ2v) is 8.42. The average molecular weight is 506 g/mol. The number of esters is 4. The smallest absolute Gasteiger partial charge is 0.303 e. The van der Waals surface area contributed by atoms with Crippen LogP contribution in [0.25, 0.3) is 10.4 Å². The van der Waals surface area contributed by atoms with Crippen molar-refractivity contribution < 1.29 is 47.6 Å². The van der Waals surface area contributed by atoms with Gasteiger partial charge in [-0.3, -0.25) is 19.2 Å². The lowest BCUT2D eigenvalue weighted by atomic mass is 9.99. The quantitative estimate of drug-likeness (QED) is 0.0842. The molecule has 0 unspecified atom stereocenters. The molecule has 0 aromatic heterocycles. The highest BCUT2D eigenvalue weighted by atomic mass is 32.2. The Hall–Kier alpha value is -2.54. The molecule has 34 heavy (non-hydrogen) atoms. The fraction of sp³-hybridized carbons (Fsp3) is 0.800. The maximum absolute atomic E-state index is 11.8. The Morgan fingerprint density at radius 1 is 0.882 bits per heavy atom. The van der Waals surface area contributed by atoms with E-state index in [-0.39, 0.29) is 6.61 Å². The minimum absolute atomic E-state index is 0.261. The van der Waals surface area contributed by atoms with Gasteiger partial charge in [-0.25, -0.2) is 0 Å². The second kappa shape index (κ2) is 16.1. The Balaban J connectivity index is 2.91. The van der Waals surface area contributed by atoms with Crippen LogP contribution >= 0.6 is 11.8 Å². The summed E-state index contributed by atoms with van der Waals surface area (Å²) < 4.78 is 32.6. The first-order valence-electron chi connectivity index (χ1n) is 10.7. The summed E-state index contributed by atoms with van der Waals surface area (Å²) in [7, 11) is 0. The van der Waals surface area contributed by atoms with Gasteiger partial charge in [0.05, 0.1) is 0 Å².